The van der Waals surface area contributed by atoms with Gasteiger partial charge in [0.2, 0.25) is 0 Å². The molecule has 0 aromatic heterocycles. The van der Waals surface area contributed by atoms with Crippen molar-refractivity contribution in [3.8, 4) is 0 Å². The highest BCUT2D eigenvalue weighted by molar-refractivity contribution is 8.23. The van der Waals surface area contributed by atoms with E-state index in [1.807, 2.05) is 0 Å². The highest BCUT2D eigenvalue weighted by Gasteiger charge is 2.56. The second kappa shape index (κ2) is 11.8. The maximum atomic E-state index is 13.2. The number of carboxylic acids is 2. The Morgan fingerprint density at radius 2 is 1.77 bits per heavy atom. The number of thioether (sulfide) groups is 2. The number of amidine groups is 1. The van der Waals surface area contributed by atoms with Crippen LogP contribution in [0.1, 0.15) is 24.8 Å². The van der Waals surface area contributed by atoms with Crippen molar-refractivity contribution in [1.29, 1.82) is 0 Å². The summed E-state index contributed by atoms with van der Waals surface area (Å²) in [6.07, 6.45) is -7.46. The summed E-state index contributed by atoms with van der Waals surface area (Å²) in [5, 5.41) is 19.5. The van der Waals surface area contributed by atoms with Gasteiger partial charge in [-0.2, -0.15) is 30.4 Å². The van der Waals surface area contributed by atoms with E-state index in [-0.39, 0.29) is 27.0 Å². The van der Waals surface area contributed by atoms with Gasteiger partial charge in [-0.25, -0.2) is 9.59 Å². The number of rotatable bonds is 10. The number of alkyl halides is 5. The number of aryl methyl sites for hydroxylation is 1. The van der Waals surface area contributed by atoms with Crippen molar-refractivity contribution in [2.75, 3.05) is 5.75 Å². The molecule has 0 radical (unpaired) electrons. The Labute approximate surface area is 232 Å². The van der Waals surface area contributed by atoms with Crippen LogP contribution in [0, 0.1) is 6.92 Å². The van der Waals surface area contributed by atoms with E-state index in [9.17, 15) is 55.0 Å². The molecule has 3 N–H and O–H groups in total. The van der Waals surface area contributed by atoms with E-state index in [0.717, 1.165) is 17.3 Å². The van der Waals surface area contributed by atoms with E-state index in [1.54, 1.807) is 6.92 Å². The zero-order chi connectivity index (χ0) is 30.0. The number of carbonyl (C=O) groups is 3. The van der Waals surface area contributed by atoms with Crippen LogP contribution in [0.5, 0.6) is 0 Å². The van der Waals surface area contributed by atoms with E-state index in [2.05, 4.69) is 9.71 Å². The SMILES string of the molecule is Cc1ccc(S(=O)(=O)N=C2NC(=O)N3C2=C(SCCCCC(F)(F)C(F)(F)F)SC(C(=O)O)/C3=C\C(=O)O)cc1. The number of halogens is 5. The minimum absolute atomic E-state index is 0.0336. The molecule has 0 aliphatic carbocycles. The Bertz CT molecular complexity index is 1410. The molecular weight excluding hydrogens is 609 g/mol. The fraction of sp³-hybridized carbons (Fsp3) is 0.364. The number of hydrogen-bond donors (Lipinski definition) is 3. The van der Waals surface area contributed by atoms with E-state index in [0.29, 0.717) is 22.7 Å². The number of fused-ring (bicyclic) bond motifs is 1. The van der Waals surface area contributed by atoms with E-state index in [1.165, 1.54) is 24.3 Å². The number of carboxylic acid groups (broad SMARTS) is 2. The minimum Gasteiger partial charge on any atom is -0.480 e. The molecule has 1 aromatic rings. The fourth-order valence-electron chi connectivity index (χ4n) is 3.45. The Kier molecular flexibility index (Phi) is 9.25. The molecule has 0 saturated carbocycles. The standard InChI is InChI=1S/C22H20F5N3O7S3/c1-11-4-6-12(7-5-11)40(36,37)29-17-15-19(38-9-3-2-8-21(23,24)22(25,26)27)39-16(18(33)34)13(10-14(31)32)30(15)20(35)28-17/h4-7,10,16H,2-3,8-9H2,1H3,(H,31,32)(H,33,34)(H,28,29,35)/b13-10+. The molecule has 0 bridgehead atoms. The smallest absolute Gasteiger partial charge is 0.453 e. The Hall–Kier alpha value is -3.12. The highest BCUT2D eigenvalue weighted by atomic mass is 32.2. The molecule has 1 saturated heterocycles. The van der Waals surface area contributed by atoms with Gasteiger partial charge in [0.25, 0.3) is 10.0 Å². The summed E-state index contributed by atoms with van der Waals surface area (Å²) < 4.78 is 93.1. The molecule has 3 rings (SSSR count). The summed E-state index contributed by atoms with van der Waals surface area (Å²) in [5.74, 6) is -8.72. The van der Waals surface area contributed by atoms with Crippen molar-refractivity contribution in [2.45, 2.75) is 48.4 Å². The molecule has 1 atom stereocenters. The number of unbranched alkanes of at least 4 members (excludes halogenated alkanes) is 1. The number of amides is 2. The van der Waals surface area contributed by atoms with Crippen molar-refractivity contribution in [2.24, 2.45) is 4.40 Å². The highest BCUT2D eigenvalue weighted by Crippen LogP contribution is 2.47. The van der Waals surface area contributed by atoms with Gasteiger partial charge in [0, 0.05) is 12.5 Å². The average Bonchev–Trinajstić information content (AvgIpc) is 3.14. The lowest BCUT2D eigenvalue weighted by Gasteiger charge is -2.31. The van der Waals surface area contributed by atoms with Gasteiger partial charge in [-0.3, -0.25) is 15.0 Å². The van der Waals surface area contributed by atoms with Crippen molar-refractivity contribution >= 4 is 57.4 Å². The summed E-state index contributed by atoms with van der Waals surface area (Å²) in [4.78, 5) is 36.6. The van der Waals surface area contributed by atoms with Gasteiger partial charge < -0.3 is 10.2 Å². The van der Waals surface area contributed by atoms with Crippen LogP contribution >= 0.6 is 23.5 Å². The lowest BCUT2D eigenvalue weighted by atomic mass is 10.1. The van der Waals surface area contributed by atoms with Gasteiger partial charge in [-0.15, -0.1) is 16.2 Å². The zero-order valence-corrected chi connectivity index (χ0v) is 22.7. The third-order valence-electron chi connectivity index (χ3n) is 5.38. The molecule has 18 heteroatoms. The summed E-state index contributed by atoms with van der Waals surface area (Å²) in [5.41, 5.74) is -0.0703. The van der Waals surface area contributed by atoms with Gasteiger partial charge in [-0.1, -0.05) is 29.5 Å². The molecule has 0 spiro atoms. The molecule has 218 valence electrons. The number of sulfonamides is 1. The van der Waals surface area contributed by atoms with Crippen LogP contribution in [0.4, 0.5) is 26.7 Å². The Balaban J connectivity index is 2.00. The minimum atomic E-state index is -5.71. The number of urea groups is 1. The monoisotopic (exact) mass is 629 g/mol. The van der Waals surface area contributed by atoms with Crippen molar-refractivity contribution < 1.29 is 55.0 Å². The van der Waals surface area contributed by atoms with E-state index >= 15 is 0 Å². The number of nitrogens with one attached hydrogen (secondary N) is 1. The summed E-state index contributed by atoms with van der Waals surface area (Å²) in [6.45, 7) is 1.71. The number of nitrogens with zero attached hydrogens (tertiary/aromatic N) is 2. The van der Waals surface area contributed by atoms with E-state index in [4.69, 9.17) is 0 Å². The topological polar surface area (TPSA) is 153 Å². The summed E-state index contributed by atoms with van der Waals surface area (Å²) >= 11 is 1.31. The second-order valence-corrected chi connectivity index (χ2v) is 12.5. The number of benzene rings is 1. The van der Waals surface area contributed by atoms with Crippen molar-refractivity contribution in [3.63, 3.8) is 0 Å². The van der Waals surface area contributed by atoms with Gasteiger partial charge in [-0.05, 0) is 37.7 Å². The van der Waals surface area contributed by atoms with Gasteiger partial charge in [0.05, 0.1) is 14.8 Å². The van der Waals surface area contributed by atoms with Crippen LogP contribution in [0.2, 0.25) is 0 Å². The van der Waals surface area contributed by atoms with Gasteiger partial charge in [0.1, 0.15) is 10.9 Å². The molecule has 1 fully saturated rings. The van der Waals surface area contributed by atoms with Crippen LogP contribution in [0.15, 0.2) is 55.3 Å². The summed E-state index contributed by atoms with van der Waals surface area (Å²) in [6, 6.07) is 4.41. The van der Waals surface area contributed by atoms with Crippen LogP contribution < -0.4 is 5.32 Å². The fourth-order valence-corrected chi connectivity index (χ4v) is 6.99. The van der Waals surface area contributed by atoms with Gasteiger partial charge in [0.15, 0.2) is 5.84 Å². The van der Waals surface area contributed by atoms with Gasteiger partial charge >= 0.3 is 30.1 Å². The third kappa shape index (κ3) is 6.95. The molecule has 2 heterocycles. The Morgan fingerprint density at radius 3 is 2.33 bits per heavy atom. The number of carbonyl (C=O) groups excluding carboxylic acids is 1. The first-order valence-corrected chi connectivity index (χ1v) is 14.4. The molecule has 2 aliphatic heterocycles. The second-order valence-electron chi connectivity index (χ2n) is 8.38. The maximum Gasteiger partial charge on any atom is 0.453 e. The third-order valence-corrected chi connectivity index (χ3v) is 9.35. The molecule has 1 aromatic carbocycles. The molecule has 10 nitrogen and oxygen atoms in total. The van der Waals surface area contributed by atoms with Crippen LogP contribution in [0.25, 0.3) is 0 Å². The Morgan fingerprint density at radius 1 is 1.15 bits per heavy atom. The van der Waals surface area contributed by atoms with Crippen molar-refractivity contribution in [1.82, 2.24) is 10.2 Å². The molecule has 2 amide bonds. The lowest BCUT2D eigenvalue weighted by molar-refractivity contribution is -0.284. The van der Waals surface area contributed by atoms with Crippen LogP contribution in [0.3, 0.4) is 0 Å². The first-order chi connectivity index (χ1) is 18.4. The first kappa shape index (κ1) is 31.4. The number of hydrogen-bond acceptors (Lipinski definition) is 7. The predicted octanol–water partition coefficient (Wildman–Crippen LogP) is 4.55. The maximum absolute atomic E-state index is 13.2. The summed E-state index contributed by atoms with van der Waals surface area (Å²) in [7, 11) is -4.44. The zero-order valence-electron chi connectivity index (χ0n) is 20.2. The molecule has 2 aliphatic rings. The normalized spacial score (nSPS) is 20.2. The average molecular weight is 630 g/mol. The number of aliphatic carboxylic acids is 2. The first-order valence-electron chi connectivity index (χ1n) is 11.1. The quantitative estimate of drug-likeness (QED) is 0.192. The molecular formula is C22H20F5N3O7S3. The largest absolute Gasteiger partial charge is 0.480 e. The molecule has 40 heavy (non-hydrogen) atoms. The van der Waals surface area contributed by atoms with Crippen LogP contribution in [-0.4, -0.2) is 70.4 Å². The predicted molar refractivity (Wildman–Crippen MR) is 135 cm³/mol. The van der Waals surface area contributed by atoms with Crippen LogP contribution in [-0.2, 0) is 19.6 Å². The van der Waals surface area contributed by atoms with E-state index < -0.39 is 69.7 Å². The lowest BCUT2D eigenvalue weighted by Crippen LogP contribution is -2.38. The van der Waals surface area contributed by atoms with Crippen molar-refractivity contribution in [3.05, 3.63) is 51.5 Å². The molecule has 1 unspecified atom stereocenters.